The van der Waals surface area contributed by atoms with Gasteiger partial charge in [-0.05, 0) is 11.1 Å². The van der Waals surface area contributed by atoms with Crippen molar-refractivity contribution < 1.29 is 19.5 Å². The minimum atomic E-state index is -2.54. The number of nitrogens with zero attached hydrogens (tertiary/aromatic N) is 1. The van der Waals surface area contributed by atoms with Crippen LogP contribution < -0.4 is 17.3 Å². The van der Waals surface area contributed by atoms with Crippen molar-refractivity contribution in [2.24, 2.45) is 22.4 Å². The molecule has 0 aromatic heterocycles. The molecule has 0 radical (unpaired) electrons. The van der Waals surface area contributed by atoms with Gasteiger partial charge in [0.2, 0.25) is 5.54 Å². The molecule has 0 bridgehead atoms. The molecule has 0 aliphatic rings. The van der Waals surface area contributed by atoms with Crippen LogP contribution >= 0.6 is 0 Å². The number of carbonyl (C=O) groups excluding carboxylic acids is 2. The van der Waals surface area contributed by atoms with Crippen LogP contribution in [0, 0.1) is 11.5 Å². The van der Waals surface area contributed by atoms with Crippen LogP contribution in [-0.2, 0) is 19.9 Å². The summed E-state index contributed by atoms with van der Waals surface area (Å²) in [6.45, 7) is 5.86. The summed E-state index contributed by atoms with van der Waals surface area (Å²) in [6, 6.07) is 6.30. The Kier molecular flexibility index (Phi) is 7.41. The van der Waals surface area contributed by atoms with Crippen molar-refractivity contribution in [3.8, 4) is 11.5 Å². The number of aliphatic carboxylic acids is 1. The number of hydrazone groups is 1. The smallest absolute Gasteiger partial charge is 0.334 e. The first kappa shape index (κ1) is 23.2. The van der Waals surface area contributed by atoms with E-state index in [1.165, 1.54) is 18.3 Å². The quantitative estimate of drug-likeness (QED) is 0.0927. The normalized spacial score (nSPS) is 15.8. The third-order valence-corrected chi connectivity index (χ3v) is 4.99. The molecule has 0 heterocycles. The number of benzene rings is 1. The Labute approximate surface area is 165 Å². The number of rotatable bonds is 8. The molecule has 2 unspecified atom stereocenters. The molecule has 9 heteroatoms. The first-order valence-corrected chi connectivity index (χ1v) is 12.1. The molecule has 0 fully saturated rings. The number of hydrogen-bond donors (Lipinski definition) is 4. The molecule has 0 spiro atoms. The summed E-state index contributed by atoms with van der Waals surface area (Å²) in [4.78, 5) is 35.5. The maximum atomic E-state index is 12.7. The van der Waals surface area contributed by atoms with Crippen molar-refractivity contribution in [3.05, 3.63) is 35.4 Å². The Bertz CT molecular complexity index is 836. The van der Waals surface area contributed by atoms with E-state index in [1.807, 2.05) is 19.6 Å². The van der Waals surface area contributed by atoms with Gasteiger partial charge in [0.15, 0.2) is 5.78 Å². The molecule has 0 saturated carbocycles. The Balaban J connectivity index is 3.72. The number of carboxylic acid groups (broad SMARTS) is 1. The molecular formula is C19H26N4O4Si. The lowest BCUT2D eigenvalue weighted by Gasteiger charge is -2.38. The summed E-state index contributed by atoms with van der Waals surface area (Å²) >= 11 is 0. The summed E-state index contributed by atoms with van der Waals surface area (Å²) in [5.41, 5.74) is 12.0. The lowest BCUT2D eigenvalue weighted by Crippen LogP contribution is -2.71. The second-order valence-corrected chi connectivity index (χ2v) is 12.2. The van der Waals surface area contributed by atoms with Crippen LogP contribution in [0.2, 0.25) is 19.6 Å². The maximum absolute atomic E-state index is 12.7. The molecule has 2 atom stereocenters. The van der Waals surface area contributed by atoms with Gasteiger partial charge in [-0.3, -0.25) is 4.79 Å². The monoisotopic (exact) mass is 402 g/mol. The number of aldehydes is 1. The lowest BCUT2D eigenvalue weighted by molar-refractivity contribution is -0.151. The van der Waals surface area contributed by atoms with Crippen LogP contribution in [0.5, 0.6) is 0 Å². The van der Waals surface area contributed by atoms with Gasteiger partial charge in [0.1, 0.15) is 19.9 Å². The van der Waals surface area contributed by atoms with Crippen LogP contribution in [0.1, 0.15) is 24.0 Å². The van der Waals surface area contributed by atoms with Crippen LogP contribution in [0.3, 0.4) is 0 Å². The molecule has 8 nitrogen and oxygen atoms in total. The van der Waals surface area contributed by atoms with Crippen molar-refractivity contribution in [3.63, 3.8) is 0 Å². The van der Waals surface area contributed by atoms with E-state index in [0.29, 0.717) is 11.8 Å². The van der Waals surface area contributed by atoms with Crippen molar-refractivity contribution in [1.82, 2.24) is 0 Å². The van der Waals surface area contributed by atoms with Gasteiger partial charge in [0.05, 0.1) is 6.21 Å². The van der Waals surface area contributed by atoms with Gasteiger partial charge in [-0.2, -0.15) is 5.10 Å². The average molecular weight is 403 g/mol. The largest absolute Gasteiger partial charge is 0.479 e. The van der Waals surface area contributed by atoms with Gasteiger partial charge in [-0.25, -0.2) is 4.79 Å². The second-order valence-electron chi connectivity index (χ2n) is 7.45. The molecule has 28 heavy (non-hydrogen) atoms. The number of nitrogens with two attached hydrogens (primary N) is 3. The van der Waals surface area contributed by atoms with Gasteiger partial charge in [0, 0.05) is 12.8 Å². The predicted molar refractivity (Wildman–Crippen MR) is 110 cm³/mol. The highest BCUT2D eigenvalue weighted by Gasteiger charge is 2.57. The van der Waals surface area contributed by atoms with E-state index in [2.05, 4.69) is 16.6 Å². The fourth-order valence-corrected chi connectivity index (χ4v) is 3.07. The van der Waals surface area contributed by atoms with E-state index < -0.39 is 30.9 Å². The fourth-order valence-electron chi connectivity index (χ4n) is 2.50. The highest BCUT2D eigenvalue weighted by Crippen LogP contribution is 2.31. The number of hydrogen-bond acceptors (Lipinski definition) is 7. The molecular weight excluding hydrogens is 376 g/mol. The molecule has 1 aromatic carbocycles. The van der Waals surface area contributed by atoms with Crippen molar-refractivity contribution in [2.45, 2.75) is 43.6 Å². The zero-order valence-electron chi connectivity index (χ0n) is 16.2. The summed E-state index contributed by atoms with van der Waals surface area (Å²) in [5.74, 6) is 5.45. The minimum Gasteiger partial charge on any atom is -0.479 e. The molecule has 0 amide bonds. The van der Waals surface area contributed by atoms with Crippen molar-refractivity contribution in [2.75, 3.05) is 0 Å². The molecule has 0 saturated heterocycles. The first-order valence-electron chi connectivity index (χ1n) is 8.58. The second kappa shape index (κ2) is 8.92. The van der Waals surface area contributed by atoms with Crippen LogP contribution in [0.25, 0.3) is 0 Å². The third-order valence-electron chi connectivity index (χ3n) is 4.11. The molecule has 1 aromatic rings. The SMILES string of the molecule is C[Si](C)(C)C#CC(N)(c1ccc(C=NN)cc1)C(N)(C(=O)O)C(=O)CCC=O. The van der Waals surface area contributed by atoms with Crippen molar-refractivity contribution in [1.29, 1.82) is 0 Å². The summed E-state index contributed by atoms with van der Waals surface area (Å²) in [7, 11) is -1.99. The third kappa shape index (κ3) is 4.92. The van der Waals surface area contributed by atoms with Crippen LogP contribution in [0.4, 0.5) is 0 Å². The number of carboxylic acids is 1. The first-order chi connectivity index (χ1) is 12.9. The van der Waals surface area contributed by atoms with Crippen LogP contribution in [-0.4, -0.2) is 43.0 Å². The predicted octanol–water partition coefficient (Wildman–Crippen LogP) is 0.344. The van der Waals surface area contributed by atoms with Crippen molar-refractivity contribution >= 4 is 32.3 Å². The van der Waals surface area contributed by atoms with Gasteiger partial charge in [-0.1, -0.05) is 49.8 Å². The van der Waals surface area contributed by atoms with E-state index in [0.717, 1.165) is 0 Å². The summed E-state index contributed by atoms with van der Waals surface area (Å²) < 4.78 is 0. The standard InChI is InChI=1S/C19H26N4O4Si/c1-28(2,3)12-10-18(20,15-8-6-14(7-9-15)13-23-22)19(21,17(26)27)16(25)5-4-11-24/h6-9,11,13H,4-5,20-22H2,1-3H3,(H,26,27). The number of carbonyl (C=O) groups is 3. The van der Waals surface area contributed by atoms with E-state index in [1.54, 1.807) is 12.1 Å². The highest BCUT2D eigenvalue weighted by atomic mass is 28.3. The Hall–Kier alpha value is -2.80. The maximum Gasteiger partial charge on any atom is 0.334 e. The lowest BCUT2D eigenvalue weighted by atomic mass is 9.70. The summed E-state index contributed by atoms with van der Waals surface area (Å²) in [6.07, 6.45) is 1.41. The molecule has 7 N–H and O–H groups in total. The van der Waals surface area contributed by atoms with E-state index in [9.17, 15) is 19.5 Å². The Morgan fingerprint density at radius 1 is 1.21 bits per heavy atom. The van der Waals surface area contributed by atoms with Crippen LogP contribution in [0.15, 0.2) is 29.4 Å². The van der Waals surface area contributed by atoms with Gasteiger partial charge in [-0.15, -0.1) is 5.54 Å². The Morgan fingerprint density at radius 3 is 2.21 bits per heavy atom. The number of Topliss-reactive ketones (excluding diaryl/α,β-unsaturated/α-hetero) is 1. The molecule has 1 rings (SSSR count). The van der Waals surface area contributed by atoms with Gasteiger partial charge >= 0.3 is 5.97 Å². The Morgan fingerprint density at radius 2 is 1.79 bits per heavy atom. The molecule has 0 aliphatic heterocycles. The zero-order chi connectivity index (χ0) is 21.6. The minimum absolute atomic E-state index is 0.158. The van der Waals surface area contributed by atoms with E-state index in [-0.39, 0.29) is 18.4 Å². The van der Waals surface area contributed by atoms with E-state index >= 15 is 0 Å². The van der Waals surface area contributed by atoms with Gasteiger partial charge in [0.25, 0.3) is 0 Å². The zero-order valence-corrected chi connectivity index (χ0v) is 17.2. The summed E-state index contributed by atoms with van der Waals surface area (Å²) in [5, 5.41) is 13.3. The highest BCUT2D eigenvalue weighted by molar-refractivity contribution is 6.83. The molecule has 150 valence electrons. The number of ketones is 1. The topological polar surface area (TPSA) is 162 Å². The fraction of sp³-hybridized carbons (Fsp3) is 0.368. The molecule has 0 aliphatic carbocycles. The average Bonchev–Trinajstić information content (AvgIpc) is 2.63. The van der Waals surface area contributed by atoms with E-state index in [4.69, 9.17) is 17.3 Å². The van der Waals surface area contributed by atoms with Gasteiger partial charge < -0.3 is 27.2 Å².